The maximum atomic E-state index is 14.0. The molecule has 1 heterocycles. The predicted molar refractivity (Wildman–Crippen MR) is 89.5 cm³/mol. The van der Waals surface area contributed by atoms with E-state index >= 15 is 0 Å². The molecule has 0 spiro atoms. The van der Waals surface area contributed by atoms with Crippen molar-refractivity contribution in [3.8, 4) is 22.9 Å². The lowest BCUT2D eigenvalue weighted by Gasteiger charge is -2.08. The average molecular weight is 355 g/mol. The van der Waals surface area contributed by atoms with Gasteiger partial charge in [-0.15, -0.1) is 0 Å². The van der Waals surface area contributed by atoms with Crippen molar-refractivity contribution in [2.24, 2.45) is 0 Å². The van der Waals surface area contributed by atoms with Crippen LogP contribution in [0.15, 0.2) is 60.7 Å². The Hall–Kier alpha value is -3.88. The fourth-order valence-corrected chi connectivity index (χ4v) is 2.25. The summed E-state index contributed by atoms with van der Waals surface area (Å²) < 4.78 is 19.3. The Morgan fingerprint density at radius 1 is 0.923 bits per heavy atom. The number of benzene rings is 2. The second-order valence-electron chi connectivity index (χ2n) is 5.11. The van der Waals surface area contributed by atoms with Gasteiger partial charge >= 0.3 is 0 Å². The zero-order valence-electron chi connectivity index (χ0n) is 13.0. The van der Waals surface area contributed by atoms with Crippen LogP contribution in [-0.2, 0) is 0 Å². The lowest BCUT2D eigenvalue weighted by molar-refractivity contribution is -0.385. The highest BCUT2D eigenvalue weighted by Crippen LogP contribution is 2.32. The van der Waals surface area contributed by atoms with Gasteiger partial charge < -0.3 is 4.74 Å². The van der Waals surface area contributed by atoms with Crippen LogP contribution < -0.4 is 4.74 Å². The molecule has 0 saturated heterocycles. The van der Waals surface area contributed by atoms with Gasteiger partial charge in [0.25, 0.3) is 11.4 Å². The first-order valence-electron chi connectivity index (χ1n) is 7.28. The molecule has 0 bridgehead atoms. The minimum absolute atomic E-state index is 0.0652. The second-order valence-corrected chi connectivity index (χ2v) is 5.11. The average Bonchev–Trinajstić information content (AvgIpc) is 2.63. The third kappa shape index (κ3) is 3.46. The Morgan fingerprint density at radius 2 is 1.65 bits per heavy atom. The summed E-state index contributed by atoms with van der Waals surface area (Å²) in [5.74, 6) is -1.31. The first-order chi connectivity index (χ1) is 12.5. The fraction of sp³-hybridized carbons (Fsp3) is 0. The van der Waals surface area contributed by atoms with Crippen LogP contribution in [0.3, 0.4) is 0 Å². The topological polar surface area (TPSA) is 108 Å². The fourth-order valence-electron chi connectivity index (χ4n) is 2.25. The number of nitrogens with zero attached hydrogens (tertiary/aromatic N) is 3. The Morgan fingerprint density at radius 3 is 2.27 bits per heavy atom. The van der Waals surface area contributed by atoms with E-state index < -0.39 is 21.4 Å². The van der Waals surface area contributed by atoms with E-state index in [0.717, 1.165) is 18.2 Å². The van der Waals surface area contributed by atoms with E-state index in [2.05, 4.69) is 4.98 Å². The first-order valence-corrected chi connectivity index (χ1v) is 7.28. The molecule has 0 saturated carbocycles. The lowest BCUT2D eigenvalue weighted by atomic mass is 10.1. The number of halogens is 1. The molecular weight excluding hydrogens is 345 g/mol. The van der Waals surface area contributed by atoms with Crippen LogP contribution in [0.25, 0.3) is 11.3 Å². The highest BCUT2D eigenvalue weighted by Gasteiger charge is 2.19. The third-order valence-corrected chi connectivity index (χ3v) is 3.43. The molecular formula is C17H10FN3O5. The van der Waals surface area contributed by atoms with Crippen molar-refractivity contribution in [3.63, 3.8) is 0 Å². The van der Waals surface area contributed by atoms with Crippen LogP contribution in [0.5, 0.6) is 11.6 Å². The molecule has 0 N–H and O–H groups in total. The van der Waals surface area contributed by atoms with Gasteiger partial charge in [-0.3, -0.25) is 20.2 Å². The van der Waals surface area contributed by atoms with E-state index in [-0.39, 0.29) is 23.0 Å². The van der Waals surface area contributed by atoms with Crippen molar-refractivity contribution >= 4 is 11.4 Å². The van der Waals surface area contributed by atoms with E-state index in [9.17, 15) is 24.6 Å². The molecule has 8 nitrogen and oxygen atoms in total. The van der Waals surface area contributed by atoms with E-state index in [1.54, 1.807) is 30.3 Å². The number of aromatic nitrogens is 1. The van der Waals surface area contributed by atoms with E-state index in [1.165, 1.54) is 12.1 Å². The number of nitro groups is 2. The van der Waals surface area contributed by atoms with Crippen molar-refractivity contribution in [1.82, 2.24) is 4.98 Å². The number of non-ortho nitro benzene ring substituents is 1. The van der Waals surface area contributed by atoms with Gasteiger partial charge in [0.2, 0.25) is 5.88 Å². The summed E-state index contributed by atoms with van der Waals surface area (Å²) in [6.45, 7) is 0. The number of nitro benzene ring substituents is 1. The number of pyridine rings is 1. The van der Waals surface area contributed by atoms with Gasteiger partial charge in [-0.1, -0.05) is 30.3 Å². The van der Waals surface area contributed by atoms with Gasteiger partial charge in [0.15, 0.2) is 17.3 Å². The maximum Gasteiger partial charge on any atom is 0.295 e. The second kappa shape index (κ2) is 6.93. The highest BCUT2D eigenvalue weighted by atomic mass is 19.1. The molecule has 0 amide bonds. The van der Waals surface area contributed by atoms with Gasteiger partial charge in [-0.25, -0.2) is 9.37 Å². The molecule has 0 radical (unpaired) electrons. The van der Waals surface area contributed by atoms with Crippen molar-refractivity contribution in [3.05, 3.63) is 86.7 Å². The van der Waals surface area contributed by atoms with Crippen LogP contribution in [0.4, 0.5) is 15.8 Å². The minimum Gasteiger partial charge on any atom is -0.436 e. The summed E-state index contributed by atoms with van der Waals surface area (Å²) in [5.41, 5.74) is -0.0894. The Balaban J connectivity index is 1.99. The Labute approximate surface area is 145 Å². The highest BCUT2D eigenvalue weighted by molar-refractivity contribution is 5.70. The van der Waals surface area contributed by atoms with Gasteiger partial charge in [0, 0.05) is 23.8 Å². The SMILES string of the molecule is O=[N+]([O-])c1ccc(Oc2ccc([N+](=O)[O-])c(-c3ccccc3)n2)c(F)c1. The first kappa shape index (κ1) is 17.0. The maximum absolute atomic E-state index is 14.0. The van der Waals surface area contributed by atoms with E-state index in [1.807, 2.05) is 0 Å². The van der Waals surface area contributed by atoms with Crippen molar-refractivity contribution in [1.29, 1.82) is 0 Å². The van der Waals surface area contributed by atoms with Gasteiger partial charge in [-0.05, 0) is 6.07 Å². The monoisotopic (exact) mass is 355 g/mol. The van der Waals surface area contributed by atoms with E-state index in [4.69, 9.17) is 4.74 Å². The van der Waals surface area contributed by atoms with Gasteiger partial charge in [0.05, 0.1) is 15.9 Å². The molecule has 0 aliphatic heterocycles. The van der Waals surface area contributed by atoms with Crippen LogP contribution in [0.2, 0.25) is 0 Å². The number of ether oxygens (including phenoxy) is 1. The molecule has 9 heteroatoms. The number of hydrogen-bond donors (Lipinski definition) is 0. The summed E-state index contributed by atoms with van der Waals surface area (Å²) in [4.78, 5) is 24.7. The molecule has 0 aliphatic carbocycles. The third-order valence-electron chi connectivity index (χ3n) is 3.43. The largest absolute Gasteiger partial charge is 0.436 e. The molecule has 0 unspecified atom stereocenters. The van der Waals surface area contributed by atoms with Crippen LogP contribution in [0, 0.1) is 26.0 Å². The molecule has 0 fully saturated rings. The van der Waals surface area contributed by atoms with Crippen LogP contribution in [-0.4, -0.2) is 14.8 Å². The molecule has 1 aromatic heterocycles. The van der Waals surface area contributed by atoms with Crippen molar-refractivity contribution in [2.45, 2.75) is 0 Å². The quantitative estimate of drug-likeness (QED) is 0.492. The van der Waals surface area contributed by atoms with Gasteiger partial charge in [0.1, 0.15) is 0 Å². The summed E-state index contributed by atoms with van der Waals surface area (Å²) >= 11 is 0. The molecule has 130 valence electrons. The summed E-state index contributed by atoms with van der Waals surface area (Å²) in [6, 6.07) is 13.8. The molecule has 26 heavy (non-hydrogen) atoms. The smallest absolute Gasteiger partial charge is 0.295 e. The molecule has 0 atom stereocenters. The zero-order chi connectivity index (χ0) is 18.7. The summed E-state index contributed by atoms with van der Waals surface area (Å²) in [6.07, 6.45) is 0. The lowest BCUT2D eigenvalue weighted by Crippen LogP contribution is -1.98. The van der Waals surface area contributed by atoms with Crippen LogP contribution >= 0.6 is 0 Å². The number of rotatable bonds is 5. The molecule has 0 aliphatic rings. The number of hydrogen-bond acceptors (Lipinski definition) is 6. The van der Waals surface area contributed by atoms with E-state index in [0.29, 0.717) is 5.56 Å². The Bertz CT molecular complexity index is 995. The normalized spacial score (nSPS) is 10.3. The zero-order valence-corrected chi connectivity index (χ0v) is 13.0. The van der Waals surface area contributed by atoms with Gasteiger partial charge in [-0.2, -0.15) is 0 Å². The summed E-state index contributed by atoms with van der Waals surface area (Å²) in [5, 5.41) is 21.9. The minimum atomic E-state index is -0.944. The van der Waals surface area contributed by atoms with Crippen LogP contribution in [0.1, 0.15) is 0 Å². The predicted octanol–water partition coefficient (Wildman–Crippen LogP) is 4.50. The standard InChI is InChI=1S/C17H10FN3O5/c18-13-10-12(20(22)23)6-8-15(13)26-16-9-7-14(21(24)25)17(19-16)11-4-2-1-3-5-11/h1-10H. The van der Waals surface area contributed by atoms with Crippen molar-refractivity contribution < 1.29 is 19.0 Å². The van der Waals surface area contributed by atoms with Crippen molar-refractivity contribution in [2.75, 3.05) is 0 Å². The molecule has 2 aromatic carbocycles. The Kier molecular flexibility index (Phi) is 4.52. The summed E-state index contributed by atoms with van der Waals surface area (Å²) in [7, 11) is 0. The molecule has 3 aromatic rings. The molecule has 3 rings (SSSR count).